The molecule has 0 heterocycles. The van der Waals surface area contributed by atoms with E-state index in [9.17, 15) is 0 Å². The molecule has 0 saturated heterocycles. The molecule has 0 bridgehead atoms. The second-order valence-corrected chi connectivity index (χ2v) is 1.61. The van der Waals surface area contributed by atoms with Crippen molar-refractivity contribution in [1.29, 1.82) is 0 Å². The Kier molecular flexibility index (Phi) is 5.29. The highest BCUT2D eigenvalue weighted by Gasteiger charge is 1.92. The molecule has 2 nitrogen and oxygen atoms in total. The predicted molar refractivity (Wildman–Crippen MR) is 35.9 cm³/mol. The average Bonchev–Trinajstić information content (AvgIpc) is 1.85. The van der Waals surface area contributed by atoms with Gasteiger partial charge in [0.15, 0.2) is 0 Å². The van der Waals surface area contributed by atoms with Gasteiger partial charge in [0.05, 0.1) is 0 Å². The minimum absolute atomic E-state index is 0.0186. The van der Waals surface area contributed by atoms with Gasteiger partial charge < -0.3 is 9.47 Å². The van der Waals surface area contributed by atoms with Crippen molar-refractivity contribution in [2.75, 3.05) is 13.9 Å². The molecule has 2 heteroatoms. The van der Waals surface area contributed by atoms with Crippen molar-refractivity contribution in [2.45, 2.75) is 20.0 Å². The average molecular weight is 128 g/mol. The molecular formula is C7H12O2. The van der Waals surface area contributed by atoms with Crippen LogP contribution >= 0.6 is 0 Å². The molecule has 0 fully saturated rings. The van der Waals surface area contributed by atoms with E-state index in [4.69, 9.17) is 4.74 Å². The third kappa shape index (κ3) is 5.35. The summed E-state index contributed by atoms with van der Waals surface area (Å²) in [7, 11) is 1.59. The maximum atomic E-state index is 5.04. The molecule has 0 N–H and O–H groups in total. The lowest BCUT2D eigenvalue weighted by Gasteiger charge is -2.03. The molecule has 1 unspecified atom stereocenters. The van der Waals surface area contributed by atoms with Crippen LogP contribution < -0.4 is 0 Å². The second-order valence-electron chi connectivity index (χ2n) is 1.61. The number of ether oxygens (including phenoxy) is 2. The van der Waals surface area contributed by atoms with Gasteiger partial charge in [0.1, 0.15) is 12.9 Å². The van der Waals surface area contributed by atoms with E-state index in [1.54, 1.807) is 14.0 Å². The Morgan fingerprint density at radius 1 is 1.56 bits per heavy atom. The summed E-state index contributed by atoms with van der Waals surface area (Å²) in [6.45, 7) is 3.98. The third-order valence-electron chi connectivity index (χ3n) is 0.783. The zero-order valence-corrected chi connectivity index (χ0v) is 6.10. The van der Waals surface area contributed by atoms with Gasteiger partial charge in [-0.3, -0.25) is 0 Å². The highest BCUT2D eigenvalue weighted by atomic mass is 16.7. The fourth-order valence-corrected chi connectivity index (χ4v) is 0.415. The van der Waals surface area contributed by atoms with Crippen LogP contribution in [0, 0.1) is 11.8 Å². The van der Waals surface area contributed by atoms with Crippen molar-refractivity contribution in [3.8, 4) is 11.8 Å². The SMILES string of the molecule is CC#CC(C)OCOC. The molecule has 0 radical (unpaired) electrons. The maximum absolute atomic E-state index is 5.04. The van der Waals surface area contributed by atoms with Crippen LogP contribution in [-0.2, 0) is 9.47 Å². The van der Waals surface area contributed by atoms with Gasteiger partial charge in [-0.25, -0.2) is 0 Å². The molecule has 0 rings (SSSR count). The molecule has 0 aliphatic carbocycles. The van der Waals surface area contributed by atoms with Crippen molar-refractivity contribution in [1.82, 2.24) is 0 Å². The fraction of sp³-hybridized carbons (Fsp3) is 0.714. The smallest absolute Gasteiger partial charge is 0.148 e. The number of hydrogen-bond donors (Lipinski definition) is 0. The zero-order valence-electron chi connectivity index (χ0n) is 6.10. The highest BCUT2D eigenvalue weighted by molar-refractivity contribution is 5.00. The van der Waals surface area contributed by atoms with Crippen LogP contribution in [0.1, 0.15) is 13.8 Å². The lowest BCUT2D eigenvalue weighted by molar-refractivity contribution is -0.0465. The number of methoxy groups -OCH3 is 1. The third-order valence-corrected chi connectivity index (χ3v) is 0.783. The molecule has 52 valence electrons. The van der Waals surface area contributed by atoms with Gasteiger partial charge in [0.2, 0.25) is 0 Å². The minimum atomic E-state index is -0.0186. The lowest BCUT2D eigenvalue weighted by atomic mass is 10.4. The minimum Gasteiger partial charge on any atom is -0.359 e. The van der Waals surface area contributed by atoms with Crippen LogP contribution in [-0.4, -0.2) is 20.0 Å². The van der Waals surface area contributed by atoms with Crippen molar-refractivity contribution < 1.29 is 9.47 Å². The molecule has 0 aromatic carbocycles. The summed E-state index contributed by atoms with van der Waals surface area (Å²) in [6.07, 6.45) is -0.0186. The number of rotatable bonds is 3. The normalized spacial score (nSPS) is 11.9. The predicted octanol–water partition coefficient (Wildman–Crippen LogP) is 1.02. The molecule has 0 aliphatic rings. The van der Waals surface area contributed by atoms with Gasteiger partial charge in [-0.05, 0) is 13.8 Å². The number of hydrogen-bond acceptors (Lipinski definition) is 2. The Hall–Kier alpha value is -0.520. The molecule has 0 aromatic heterocycles. The van der Waals surface area contributed by atoms with E-state index in [2.05, 4.69) is 16.6 Å². The molecule has 0 spiro atoms. The summed E-state index contributed by atoms with van der Waals surface area (Å²) >= 11 is 0. The summed E-state index contributed by atoms with van der Waals surface area (Å²) in [5.41, 5.74) is 0. The van der Waals surface area contributed by atoms with Crippen molar-refractivity contribution in [3.05, 3.63) is 0 Å². The molecule has 0 aromatic rings. The molecule has 0 amide bonds. The van der Waals surface area contributed by atoms with Gasteiger partial charge in [0.25, 0.3) is 0 Å². The van der Waals surface area contributed by atoms with Crippen LogP contribution in [0.3, 0.4) is 0 Å². The van der Waals surface area contributed by atoms with E-state index in [0.717, 1.165) is 0 Å². The topological polar surface area (TPSA) is 18.5 Å². The molecule has 9 heavy (non-hydrogen) atoms. The van der Waals surface area contributed by atoms with E-state index in [-0.39, 0.29) is 6.10 Å². The van der Waals surface area contributed by atoms with Crippen LogP contribution in [0.15, 0.2) is 0 Å². The molecular weight excluding hydrogens is 116 g/mol. The van der Waals surface area contributed by atoms with E-state index >= 15 is 0 Å². The zero-order chi connectivity index (χ0) is 7.11. The van der Waals surface area contributed by atoms with Crippen LogP contribution in [0.25, 0.3) is 0 Å². The summed E-state index contributed by atoms with van der Waals surface area (Å²) in [5, 5.41) is 0. The highest BCUT2D eigenvalue weighted by Crippen LogP contribution is 1.86. The monoisotopic (exact) mass is 128 g/mol. The fourth-order valence-electron chi connectivity index (χ4n) is 0.415. The second kappa shape index (κ2) is 5.61. The first kappa shape index (κ1) is 8.48. The lowest BCUT2D eigenvalue weighted by Crippen LogP contribution is -2.06. The van der Waals surface area contributed by atoms with E-state index in [1.807, 2.05) is 6.92 Å². The first-order chi connectivity index (χ1) is 4.31. The van der Waals surface area contributed by atoms with Crippen molar-refractivity contribution >= 4 is 0 Å². The standard InChI is InChI=1S/C7H12O2/c1-4-5-7(2)9-6-8-3/h7H,6H2,1-3H3. The molecule has 0 aliphatic heterocycles. The molecule has 0 saturated carbocycles. The summed E-state index contributed by atoms with van der Waals surface area (Å²) in [4.78, 5) is 0. The van der Waals surface area contributed by atoms with Gasteiger partial charge in [-0.2, -0.15) is 0 Å². The van der Waals surface area contributed by atoms with Crippen molar-refractivity contribution in [3.63, 3.8) is 0 Å². The van der Waals surface area contributed by atoms with E-state index in [1.165, 1.54) is 0 Å². The van der Waals surface area contributed by atoms with Crippen molar-refractivity contribution in [2.24, 2.45) is 0 Å². The molecule has 1 atom stereocenters. The van der Waals surface area contributed by atoms with Gasteiger partial charge in [-0.1, -0.05) is 5.92 Å². The Bertz CT molecular complexity index is 110. The van der Waals surface area contributed by atoms with Gasteiger partial charge in [-0.15, -0.1) is 5.92 Å². The van der Waals surface area contributed by atoms with Gasteiger partial charge >= 0.3 is 0 Å². The Morgan fingerprint density at radius 3 is 2.67 bits per heavy atom. The van der Waals surface area contributed by atoms with E-state index < -0.39 is 0 Å². The quantitative estimate of drug-likeness (QED) is 0.417. The van der Waals surface area contributed by atoms with E-state index in [0.29, 0.717) is 6.79 Å². The Morgan fingerprint density at radius 2 is 2.22 bits per heavy atom. The summed E-state index contributed by atoms with van der Waals surface area (Å²) in [5.74, 6) is 5.57. The summed E-state index contributed by atoms with van der Waals surface area (Å²) < 4.78 is 9.70. The largest absolute Gasteiger partial charge is 0.359 e. The first-order valence-corrected chi connectivity index (χ1v) is 2.84. The van der Waals surface area contributed by atoms with Crippen LogP contribution in [0.4, 0.5) is 0 Å². The Labute approximate surface area is 56.2 Å². The van der Waals surface area contributed by atoms with Crippen LogP contribution in [0.5, 0.6) is 0 Å². The van der Waals surface area contributed by atoms with Gasteiger partial charge in [0, 0.05) is 7.11 Å². The first-order valence-electron chi connectivity index (χ1n) is 2.84. The van der Waals surface area contributed by atoms with Crippen LogP contribution in [0.2, 0.25) is 0 Å². The Balaban J connectivity index is 3.23. The summed E-state index contributed by atoms with van der Waals surface area (Å²) in [6, 6.07) is 0. The maximum Gasteiger partial charge on any atom is 0.148 e.